The summed E-state index contributed by atoms with van der Waals surface area (Å²) in [5.41, 5.74) is 0.210. The molecule has 0 bridgehead atoms. The van der Waals surface area contributed by atoms with Gasteiger partial charge in [-0.2, -0.15) is 18.2 Å². The van der Waals surface area contributed by atoms with Gasteiger partial charge in [0.25, 0.3) is 0 Å². The molecular formula is C19H13ClF3N5OS. The number of hydrogen-bond donors (Lipinski definition) is 0. The zero-order valence-electron chi connectivity index (χ0n) is 15.4. The van der Waals surface area contributed by atoms with Crippen molar-refractivity contribution in [3.8, 4) is 22.8 Å². The molecule has 30 heavy (non-hydrogen) atoms. The SMILES string of the molecule is Cn1c(SCc2nc(-c3cccc(C(F)(F)F)c3)no2)nnc1-c1ccccc1Cl. The summed E-state index contributed by atoms with van der Waals surface area (Å²) in [7, 11) is 1.81. The summed E-state index contributed by atoms with van der Waals surface area (Å²) in [5.74, 6) is 1.24. The summed E-state index contributed by atoms with van der Waals surface area (Å²) < 4.78 is 45.6. The lowest BCUT2D eigenvalue weighted by molar-refractivity contribution is -0.137. The maximum atomic E-state index is 12.9. The van der Waals surface area contributed by atoms with Gasteiger partial charge in [0, 0.05) is 18.2 Å². The first-order chi connectivity index (χ1) is 14.3. The molecule has 2 aromatic heterocycles. The Morgan fingerprint density at radius 3 is 2.67 bits per heavy atom. The molecule has 11 heteroatoms. The van der Waals surface area contributed by atoms with E-state index in [1.165, 1.54) is 23.9 Å². The Morgan fingerprint density at radius 2 is 1.90 bits per heavy atom. The maximum Gasteiger partial charge on any atom is 0.416 e. The quantitative estimate of drug-likeness (QED) is 0.373. The number of aromatic nitrogens is 5. The average Bonchev–Trinajstić information content (AvgIpc) is 3.33. The summed E-state index contributed by atoms with van der Waals surface area (Å²) in [5, 5.41) is 13.3. The fraction of sp³-hybridized carbons (Fsp3) is 0.158. The number of halogens is 4. The van der Waals surface area contributed by atoms with Crippen LogP contribution >= 0.6 is 23.4 Å². The van der Waals surface area contributed by atoms with Crippen molar-refractivity contribution in [1.82, 2.24) is 24.9 Å². The standard InChI is InChI=1S/C19H13ClF3N5OS/c1-28-17(13-7-2-3-8-14(13)20)25-26-18(28)30-10-15-24-16(27-29-15)11-5-4-6-12(9-11)19(21,22)23/h2-9H,10H2,1H3. The highest BCUT2D eigenvalue weighted by Gasteiger charge is 2.30. The van der Waals surface area contributed by atoms with Gasteiger partial charge in [0.1, 0.15) is 0 Å². The second-order valence-electron chi connectivity index (χ2n) is 6.22. The van der Waals surface area contributed by atoms with Crippen molar-refractivity contribution in [3.05, 3.63) is 65.0 Å². The molecular weight excluding hydrogens is 439 g/mol. The largest absolute Gasteiger partial charge is 0.416 e. The molecule has 2 heterocycles. The van der Waals surface area contributed by atoms with Crippen molar-refractivity contribution in [1.29, 1.82) is 0 Å². The minimum Gasteiger partial charge on any atom is -0.338 e. The van der Waals surface area contributed by atoms with Crippen LogP contribution in [0.3, 0.4) is 0 Å². The van der Waals surface area contributed by atoms with Crippen LogP contribution in [-0.2, 0) is 19.0 Å². The number of benzene rings is 2. The summed E-state index contributed by atoms with van der Waals surface area (Å²) in [6.07, 6.45) is -4.44. The van der Waals surface area contributed by atoms with E-state index < -0.39 is 11.7 Å². The van der Waals surface area contributed by atoms with Gasteiger partial charge in [-0.05, 0) is 24.3 Å². The topological polar surface area (TPSA) is 69.6 Å². The van der Waals surface area contributed by atoms with E-state index in [1.54, 1.807) is 10.6 Å². The van der Waals surface area contributed by atoms with Gasteiger partial charge in [-0.15, -0.1) is 10.2 Å². The second kappa shape index (κ2) is 8.11. The van der Waals surface area contributed by atoms with Gasteiger partial charge in [-0.3, -0.25) is 0 Å². The van der Waals surface area contributed by atoms with Crippen LogP contribution in [0.4, 0.5) is 13.2 Å². The van der Waals surface area contributed by atoms with Crippen molar-refractivity contribution in [2.24, 2.45) is 7.05 Å². The normalized spacial score (nSPS) is 11.8. The molecule has 0 saturated carbocycles. The third-order valence-electron chi connectivity index (χ3n) is 4.19. The number of alkyl halides is 3. The van der Waals surface area contributed by atoms with Gasteiger partial charge in [-0.1, -0.05) is 52.8 Å². The van der Waals surface area contributed by atoms with Crippen molar-refractivity contribution < 1.29 is 17.7 Å². The molecule has 0 saturated heterocycles. The van der Waals surface area contributed by atoms with Crippen LogP contribution in [-0.4, -0.2) is 24.9 Å². The zero-order chi connectivity index (χ0) is 21.3. The van der Waals surface area contributed by atoms with Crippen LogP contribution in [0.25, 0.3) is 22.8 Å². The summed E-state index contributed by atoms with van der Waals surface area (Å²) >= 11 is 7.53. The van der Waals surface area contributed by atoms with Crippen molar-refractivity contribution in [3.63, 3.8) is 0 Å². The van der Waals surface area contributed by atoms with Crippen molar-refractivity contribution in [2.75, 3.05) is 0 Å². The van der Waals surface area contributed by atoms with Gasteiger partial charge in [0.15, 0.2) is 11.0 Å². The first-order valence-electron chi connectivity index (χ1n) is 8.60. The van der Waals surface area contributed by atoms with Crippen molar-refractivity contribution in [2.45, 2.75) is 17.1 Å². The monoisotopic (exact) mass is 451 g/mol. The number of rotatable bonds is 5. The molecule has 0 radical (unpaired) electrons. The fourth-order valence-corrected chi connectivity index (χ4v) is 3.68. The first-order valence-corrected chi connectivity index (χ1v) is 9.96. The molecule has 0 N–H and O–H groups in total. The molecule has 0 atom stereocenters. The molecule has 0 aliphatic rings. The number of thioether (sulfide) groups is 1. The molecule has 0 amide bonds. The molecule has 0 spiro atoms. The predicted molar refractivity (Wildman–Crippen MR) is 106 cm³/mol. The Labute approximate surface area is 178 Å². The first kappa shape index (κ1) is 20.4. The van der Waals surface area contributed by atoms with Crippen LogP contribution in [0.15, 0.2) is 58.2 Å². The summed E-state index contributed by atoms with van der Waals surface area (Å²) in [6, 6.07) is 12.1. The van der Waals surface area contributed by atoms with Gasteiger partial charge in [0.05, 0.1) is 16.3 Å². The van der Waals surface area contributed by atoms with Gasteiger partial charge >= 0.3 is 6.18 Å². The Bertz CT molecular complexity index is 1190. The van der Waals surface area contributed by atoms with Crippen LogP contribution in [0.2, 0.25) is 5.02 Å². The highest BCUT2D eigenvalue weighted by Crippen LogP contribution is 2.32. The second-order valence-corrected chi connectivity index (χ2v) is 7.57. The highest BCUT2D eigenvalue weighted by atomic mass is 35.5. The zero-order valence-corrected chi connectivity index (χ0v) is 17.0. The van der Waals surface area contributed by atoms with Gasteiger partial charge in [-0.25, -0.2) is 0 Å². The third kappa shape index (κ3) is 4.19. The number of hydrogen-bond acceptors (Lipinski definition) is 6. The summed E-state index contributed by atoms with van der Waals surface area (Å²) in [6.45, 7) is 0. The molecule has 0 aliphatic heterocycles. The van der Waals surface area contributed by atoms with E-state index in [4.69, 9.17) is 16.1 Å². The van der Waals surface area contributed by atoms with E-state index in [1.807, 2.05) is 25.2 Å². The lowest BCUT2D eigenvalue weighted by Gasteiger charge is -2.06. The molecule has 154 valence electrons. The van der Waals surface area contributed by atoms with Crippen molar-refractivity contribution >= 4 is 23.4 Å². The van der Waals surface area contributed by atoms with Crippen LogP contribution in [0.1, 0.15) is 11.5 Å². The lowest BCUT2D eigenvalue weighted by Crippen LogP contribution is -2.04. The summed E-state index contributed by atoms with van der Waals surface area (Å²) in [4.78, 5) is 4.18. The maximum absolute atomic E-state index is 12.9. The Hall–Kier alpha value is -2.85. The van der Waals surface area contributed by atoms with E-state index >= 15 is 0 Å². The van der Waals surface area contributed by atoms with Gasteiger partial charge in [0.2, 0.25) is 11.7 Å². The average molecular weight is 452 g/mol. The van der Waals surface area contributed by atoms with E-state index in [2.05, 4.69) is 20.3 Å². The molecule has 4 aromatic rings. The Kier molecular flexibility index (Phi) is 5.52. The van der Waals surface area contributed by atoms with E-state index in [0.29, 0.717) is 16.0 Å². The molecule has 2 aromatic carbocycles. The van der Waals surface area contributed by atoms with E-state index in [-0.39, 0.29) is 23.0 Å². The minimum atomic E-state index is -4.44. The molecule has 0 unspecified atom stereocenters. The minimum absolute atomic E-state index is 0.0893. The molecule has 4 rings (SSSR count). The number of nitrogens with zero attached hydrogens (tertiary/aromatic N) is 5. The lowest BCUT2D eigenvalue weighted by atomic mass is 10.1. The van der Waals surface area contributed by atoms with Crippen LogP contribution < -0.4 is 0 Å². The van der Waals surface area contributed by atoms with E-state index in [0.717, 1.165) is 17.7 Å². The smallest absolute Gasteiger partial charge is 0.338 e. The fourth-order valence-electron chi connectivity index (χ4n) is 2.71. The molecule has 6 nitrogen and oxygen atoms in total. The third-order valence-corrected chi connectivity index (χ3v) is 5.53. The van der Waals surface area contributed by atoms with Crippen LogP contribution in [0, 0.1) is 0 Å². The molecule has 0 fully saturated rings. The van der Waals surface area contributed by atoms with Crippen LogP contribution in [0.5, 0.6) is 0 Å². The highest BCUT2D eigenvalue weighted by molar-refractivity contribution is 7.98. The molecule has 0 aliphatic carbocycles. The predicted octanol–water partition coefficient (Wildman–Crippen LogP) is 5.50. The van der Waals surface area contributed by atoms with E-state index in [9.17, 15) is 13.2 Å². The Morgan fingerprint density at radius 1 is 1.10 bits per heavy atom. The Balaban J connectivity index is 1.49. The van der Waals surface area contributed by atoms with Gasteiger partial charge < -0.3 is 9.09 Å².